The maximum absolute atomic E-state index is 13.6. The number of nitrogens with two attached hydrogens (primary N) is 1. The van der Waals surface area contributed by atoms with E-state index in [1.54, 1.807) is 6.92 Å². The van der Waals surface area contributed by atoms with Crippen LogP contribution < -0.4 is 11.1 Å². The number of benzene rings is 1. The molecule has 0 spiro atoms. The van der Waals surface area contributed by atoms with Gasteiger partial charge in [-0.05, 0) is 32.8 Å². The van der Waals surface area contributed by atoms with Gasteiger partial charge in [-0.2, -0.15) is 0 Å². The maximum atomic E-state index is 13.6. The molecule has 3 unspecified atom stereocenters. The summed E-state index contributed by atoms with van der Waals surface area (Å²) in [5, 5.41) is 2.76. The van der Waals surface area contributed by atoms with E-state index >= 15 is 0 Å². The van der Waals surface area contributed by atoms with Crippen LogP contribution in [-0.2, 0) is 4.79 Å². The fraction of sp³-hybridized carbons (Fsp3) is 0.562. The number of rotatable bonds is 7. The fourth-order valence-electron chi connectivity index (χ4n) is 2.16. The Kier molecular flexibility index (Phi) is 6.75. The lowest BCUT2D eigenvalue weighted by atomic mass is 10.00. The molecule has 0 aliphatic rings. The Labute approximate surface area is 124 Å². The van der Waals surface area contributed by atoms with Gasteiger partial charge in [0.15, 0.2) is 0 Å². The molecule has 1 aromatic carbocycles. The number of carbonyl (C=O) groups is 1. The SMILES string of the molecule is CC(N)CCCC(C)C(=O)NC(C)c1ccc(F)cc1F. The first-order chi connectivity index (χ1) is 9.81. The zero-order chi connectivity index (χ0) is 16.0. The third kappa shape index (κ3) is 5.79. The van der Waals surface area contributed by atoms with Gasteiger partial charge in [0.05, 0.1) is 6.04 Å². The Balaban J connectivity index is 2.53. The van der Waals surface area contributed by atoms with Gasteiger partial charge in [-0.25, -0.2) is 8.78 Å². The van der Waals surface area contributed by atoms with Crippen LogP contribution in [0.2, 0.25) is 0 Å². The van der Waals surface area contributed by atoms with Crippen LogP contribution in [0.3, 0.4) is 0 Å². The van der Waals surface area contributed by atoms with E-state index in [1.807, 2.05) is 13.8 Å². The van der Waals surface area contributed by atoms with Gasteiger partial charge in [0.25, 0.3) is 0 Å². The molecule has 21 heavy (non-hydrogen) atoms. The van der Waals surface area contributed by atoms with Crippen LogP contribution in [0.1, 0.15) is 51.6 Å². The summed E-state index contributed by atoms with van der Waals surface area (Å²) in [6, 6.07) is 3.01. The molecule has 0 saturated heterocycles. The normalized spacial score (nSPS) is 15.3. The first kappa shape index (κ1) is 17.6. The molecule has 3 N–H and O–H groups in total. The summed E-state index contributed by atoms with van der Waals surface area (Å²) < 4.78 is 26.5. The number of amides is 1. The van der Waals surface area contributed by atoms with Gasteiger partial charge in [-0.3, -0.25) is 4.79 Å². The Bertz CT molecular complexity index is 477. The standard InChI is InChI=1S/C16H24F2N2O/c1-10(5-4-6-11(2)19)16(21)20-12(3)14-8-7-13(17)9-15(14)18/h7-12H,4-6,19H2,1-3H3,(H,20,21). The summed E-state index contributed by atoms with van der Waals surface area (Å²) in [5.41, 5.74) is 5.95. The van der Waals surface area contributed by atoms with E-state index in [9.17, 15) is 13.6 Å². The summed E-state index contributed by atoms with van der Waals surface area (Å²) in [7, 11) is 0. The summed E-state index contributed by atoms with van der Waals surface area (Å²) >= 11 is 0. The van der Waals surface area contributed by atoms with Crippen LogP contribution in [0.15, 0.2) is 18.2 Å². The van der Waals surface area contributed by atoms with Crippen molar-refractivity contribution in [2.75, 3.05) is 0 Å². The van der Waals surface area contributed by atoms with Gasteiger partial charge in [-0.15, -0.1) is 0 Å². The van der Waals surface area contributed by atoms with Crippen LogP contribution >= 0.6 is 0 Å². The Morgan fingerprint density at radius 1 is 1.24 bits per heavy atom. The molecule has 1 amide bonds. The van der Waals surface area contributed by atoms with Crippen molar-refractivity contribution in [3.63, 3.8) is 0 Å². The second kappa shape index (κ2) is 8.08. The Hall–Kier alpha value is -1.49. The van der Waals surface area contributed by atoms with Gasteiger partial charge < -0.3 is 11.1 Å². The minimum Gasteiger partial charge on any atom is -0.349 e. The van der Waals surface area contributed by atoms with E-state index < -0.39 is 17.7 Å². The lowest BCUT2D eigenvalue weighted by molar-refractivity contribution is -0.125. The maximum Gasteiger partial charge on any atom is 0.223 e. The highest BCUT2D eigenvalue weighted by Crippen LogP contribution is 2.19. The van der Waals surface area contributed by atoms with E-state index in [2.05, 4.69) is 5.32 Å². The molecule has 118 valence electrons. The molecule has 0 aromatic heterocycles. The molecular formula is C16H24F2N2O. The highest BCUT2D eigenvalue weighted by molar-refractivity contribution is 5.78. The van der Waals surface area contributed by atoms with Gasteiger partial charge in [0, 0.05) is 23.6 Å². The first-order valence-electron chi connectivity index (χ1n) is 7.32. The summed E-state index contributed by atoms with van der Waals surface area (Å²) in [6.07, 6.45) is 2.50. The molecule has 0 aliphatic heterocycles. The molecule has 0 aliphatic carbocycles. The quantitative estimate of drug-likeness (QED) is 0.811. The van der Waals surface area contributed by atoms with Crippen molar-refractivity contribution >= 4 is 5.91 Å². The van der Waals surface area contributed by atoms with Crippen molar-refractivity contribution in [3.05, 3.63) is 35.4 Å². The molecule has 0 fully saturated rings. The molecule has 5 heteroatoms. The predicted molar refractivity (Wildman–Crippen MR) is 79.6 cm³/mol. The van der Waals surface area contributed by atoms with Gasteiger partial charge >= 0.3 is 0 Å². The molecular weight excluding hydrogens is 274 g/mol. The molecule has 1 aromatic rings. The van der Waals surface area contributed by atoms with E-state index in [0.29, 0.717) is 0 Å². The highest BCUT2D eigenvalue weighted by atomic mass is 19.1. The highest BCUT2D eigenvalue weighted by Gasteiger charge is 2.18. The zero-order valence-electron chi connectivity index (χ0n) is 12.8. The number of hydrogen-bond donors (Lipinski definition) is 2. The summed E-state index contributed by atoms with van der Waals surface area (Å²) in [6.45, 7) is 5.46. The topological polar surface area (TPSA) is 55.1 Å². The Morgan fingerprint density at radius 3 is 2.48 bits per heavy atom. The molecule has 3 atom stereocenters. The van der Waals surface area contributed by atoms with Crippen LogP contribution in [-0.4, -0.2) is 11.9 Å². The van der Waals surface area contributed by atoms with Crippen molar-refractivity contribution < 1.29 is 13.6 Å². The predicted octanol–water partition coefficient (Wildman–Crippen LogP) is 3.30. The summed E-state index contributed by atoms with van der Waals surface area (Å²) in [5.74, 6) is -1.56. The second-order valence-electron chi connectivity index (χ2n) is 5.71. The van der Waals surface area contributed by atoms with Gasteiger partial charge in [-0.1, -0.05) is 19.4 Å². The van der Waals surface area contributed by atoms with Crippen LogP contribution in [0.25, 0.3) is 0 Å². The van der Waals surface area contributed by atoms with Crippen LogP contribution in [0.5, 0.6) is 0 Å². The van der Waals surface area contributed by atoms with E-state index in [-0.39, 0.29) is 23.4 Å². The number of nitrogens with one attached hydrogen (secondary N) is 1. The van der Waals surface area contributed by atoms with Crippen molar-refractivity contribution in [2.45, 2.75) is 52.1 Å². The third-order valence-corrected chi connectivity index (χ3v) is 3.53. The van der Waals surface area contributed by atoms with Crippen molar-refractivity contribution in [2.24, 2.45) is 11.7 Å². The lowest BCUT2D eigenvalue weighted by Crippen LogP contribution is -2.32. The third-order valence-electron chi connectivity index (χ3n) is 3.53. The Morgan fingerprint density at radius 2 is 1.90 bits per heavy atom. The average molecular weight is 298 g/mol. The van der Waals surface area contributed by atoms with E-state index in [4.69, 9.17) is 5.73 Å². The molecule has 1 rings (SSSR count). The monoisotopic (exact) mass is 298 g/mol. The van der Waals surface area contributed by atoms with Crippen LogP contribution in [0, 0.1) is 17.6 Å². The van der Waals surface area contributed by atoms with Crippen molar-refractivity contribution in [3.8, 4) is 0 Å². The van der Waals surface area contributed by atoms with Crippen molar-refractivity contribution in [1.29, 1.82) is 0 Å². The van der Waals surface area contributed by atoms with E-state index in [0.717, 1.165) is 25.3 Å². The van der Waals surface area contributed by atoms with Gasteiger partial charge in [0.2, 0.25) is 5.91 Å². The first-order valence-corrected chi connectivity index (χ1v) is 7.32. The molecule has 3 nitrogen and oxygen atoms in total. The van der Waals surface area contributed by atoms with Crippen molar-refractivity contribution in [1.82, 2.24) is 5.32 Å². The number of carbonyl (C=O) groups excluding carboxylic acids is 1. The van der Waals surface area contributed by atoms with E-state index in [1.165, 1.54) is 12.1 Å². The fourth-order valence-corrected chi connectivity index (χ4v) is 2.16. The second-order valence-corrected chi connectivity index (χ2v) is 5.71. The zero-order valence-corrected chi connectivity index (χ0v) is 12.8. The number of hydrogen-bond acceptors (Lipinski definition) is 2. The minimum absolute atomic E-state index is 0.129. The number of halogens is 2. The van der Waals surface area contributed by atoms with Gasteiger partial charge in [0.1, 0.15) is 11.6 Å². The molecule has 0 heterocycles. The largest absolute Gasteiger partial charge is 0.349 e. The smallest absolute Gasteiger partial charge is 0.223 e. The molecule has 0 saturated carbocycles. The van der Waals surface area contributed by atoms with Crippen LogP contribution in [0.4, 0.5) is 8.78 Å². The minimum atomic E-state index is -0.646. The average Bonchev–Trinajstić information content (AvgIpc) is 2.37. The molecule has 0 bridgehead atoms. The lowest BCUT2D eigenvalue weighted by Gasteiger charge is -2.18. The summed E-state index contributed by atoms with van der Waals surface area (Å²) in [4.78, 5) is 12.0. The molecule has 0 radical (unpaired) electrons.